The zero-order chi connectivity index (χ0) is 27.2. The fourth-order valence-corrected chi connectivity index (χ4v) is 9.89. The van der Waals surface area contributed by atoms with Gasteiger partial charge < -0.3 is 10.2 Å². The highest BCUT2D eigenvalue weighted by atomic mass is 16.2. The third-order valence-corrected chi connectivity index (χ3v) is 12.1. The van der Waals surface area contributed by atoms with Crippen molar-refractivity contribution in [3.8, 4) is 0 Å². The largest absolute Gasteiger partial charge is 0.356 e. The summed E-state index contributed by atoms with van der Waals surface area (Å²) in [6.07, 6.45) is 9.75. The minimum Gasteiger partial charge on any atom is -0.356 e. The van der Waals surface area contributed by atoms with Crippen LogP contribution in [0.15, 0.2) is 60.7 Å². The molecule has 1 N–H and O–H groups in total. The molecule has 208 valence electrons. The number of nitrogens with zero attached hydrogens (tertiary/aromatic N) is 1. The van der Waals surface area contributed by atoms with E-state index in [1.807, 2.05) is 19.2 Å². The maximum absolute atomic E-state index is 13.4. The maximum Gasteiger partial charge on any atom is 0.222 e. The summed E-state index contributed by atoms with van der Waals surface area (Å²) in [5.74, 6) is 3.39. The van der Waals surface area contributed by atoms with E-state index in [1.165, 1.54) is 43.2 Å². The van der Waals surface area contributed by atoms with Crippen molar-refractivity contribution in [1.82, 2.24) is 10.2 Å². The van der Waals surface area contributed by atoms with Crippen LogP contribution in [0.5, 0.6) is 0 Å². The quantitative estimate of drug-likeness (QED) is 0.450. The van der Waals surface area contributed by atoms with E-state index in [2.05, 4.69) is 72.6 Å². The van der Waals surface area contributed by atoms with Gasteiger partial charge in [-0.25, -0.2) is 0 Å². The lowest BCUT2D eigenvalue weighted by molar-refractivity contribution is -0.158. The third-order valence-electron chi connectivity index (χ3n) is 12.1. The molecule has 4 fully saturated rings. The van der Waals surface area contributed by atoms with Crippen LogP contribution in [0.25, 0.3) is 0 Å². The molecule has 4 heteroatoms. The molecule has 4 aliphatic rings. The lowest BCUT2D eigenvalue weighted by atomic mass is 9.47. The van der Waals surface area contributed by atoms with Gasteiger partial charge in [-0.1, -0.05) is 74.5 Å². The number of carbonyl (C=O) groups excluding carboxylic acids is 2. The van der Waals surface area contributed by atoms with Crippen molar-refractivity contribution in [3.63, 3.8) is 0 Å². The zero-order valence-electron chi connectivity index (χ0n) is 24.1. The normalized spacial score (nSPS) is 35.7. The molecule has 3 aliphatic carbocycles. The summed E-state index contributed by atoms with van der Waals surface area (Å²) in [6, 6.07) is 21.3. The minimum atomic E-state index is 0.0752. The molecule has 1 saturated heterocycles. The Morgan fingerprint density at radius 3 is 2.18 bits per heavy atom. The molecule has 39 heavy (non-hydrogen) atoms. The average Bonchev–Trinajstić information content (AvgIpc) is 3.30. The molecule has 0 aromatic heterocycles. The Morgan fingerprint density at radius 2 is 1.51 bits per heavy atom. The van der Waals surface area contributed by atoms with Crippen LogP contribution in [0.4, 0.5) is 0 Å². The van der Waals surface area contributed by atoms with Crippen molar-refractivity contribution in [2.24, 2.45) is 34.5 Å². The van der Waals surface area contributed by atoms with Gasteiger partial charge >= 0.3 is 0 Å². The number of hydrogen-bond donors (Lipinski definition) is 1. The van der Waals surface area contributed by atoms with E-state index in [1.54, 1.807) is 0 Å². The number of nitrogens with one attached hydrogen (secondary N) is 1. The second kappa shape index (κ2) is 10.4. The van der Waals surface area contributed by atoms with E-state index >= 15 is 0 Å². The van der Waals surface area contributed by atoms with Gasteiger partial charge in [-0.15, -0.1) is 0 Å². The van der Waals surface area contributed by atoms with Crippen LogP contribution in [0.2, 0.25) is 0 Å². The number of amides is 2. The first-order valence-corrected chi connectivity index (χ1v) is 15.4. The molecule has 0 radical (unpaired) electrons. The molecule has 2 aromatic rings. The smallest absolute Gasteiger partial charge is 0.222 e. The summed E-state index contributed by atoms with van der Waals surface area (Å²) in [7, 11) is 2.05. The van der Waals surface area contributed by atoms with Gasteiger partial charge in [0.05, 0.1) is 0 Å². The molecular formula is C35H46N2O2. The average molecular weight is 527 g/mol. The molecule has 1 aliphatic heterocycles. The van der Waals surface area contributed by atoms with Gasteiger partial charge in [0.25, 0.3) is 0 Å². The Bertz CT molecular complexity index is 1140. The topological polar surface area (TPSA) is 49.4 Å². The molecule has 0 spiro atoms. The SMILES string of the molecule is CN1C(=O)CC[C@]2(C)[C@H]3CC[C@]4(C)[C@@H](CNC(=O)CC(c5ccccc5)c5ccccc5)CC[C@H]4[C@@H]3CC[C@@H]12. The number of rotatable bonds is 6. The second-order valence-corrected chi connectivity index (χ2v) is 13.7. The molecule has 2 amide bonds. The highest BCUT2D eigenvalue weighted by molar-refractivity contribution is 5.78. The Kier molecular flexibility index (Phi) is 7.10. The van der Waals surface area contributed by atoms with Crippen molar-refractivity contribution in [1.29, 1.82) is 0 Å². The van der Waals surface area contributed by atoms with Gasteiger partial charge in [0.2, 0.25) is 11.8 Å². The Balaban J connectivity index is 1.12. The maximum atomic E-state index is 13.4. The summed E-state index contributed by atoms with van der Waals surface area (Å²) in [5.41, 5.74) is 2.98. The summed E-state index contributed by atoms with van der Waals surface area (Å²) >= 11 is 0. The van der Waals surface area contributed by atoms with E-state index in [0.29, 0.717) is 29.7 Å². The van der Waals surface area contributed by atoms with E-state index in [9.17, 15) is 9.59 Å². The van der Waals surface area contributed by atoms with Crippen LogP contribution in [-0.2, 0) is 9.59 Å². The molecular weight excluding hydrogens is 480 g/mol. The Hall–Kier alpha value is -2.62. The first-order valence-electron chi connectivity index (χ1n) is 15.4. The van der Waals surface area contributed by atoms with E-state index in [4.69, 9.17) is 0 Å². The zero-order valence-corrected chi connectivity index (χ0v) is 24.1. The van der Waals surface area contributed by atoms with E-state index in [-0.39, 0.29) is 17.2 Å². The summed E-state index contributed by atoms with van der Waals surface area (Å²) in [4.78, 5) is 27.9. The highest BCUT2D eigenvalue weighted by Gasteiger charge is 2.61. The standard InChI is InChI=1S/C35H46N2O2/c1-34-20-18-30-27(15-17-31-35(30,2)21-19-33(39)37(31)3)29(34)16-14-26(34)23-36-32(38)22-28(24-10-6-4-7-11-24)25-12-8-5-9-13-25/h4-13,26-31H,14-23H2,1-3H3,(H,36,38)/t26-,27+,29+,30+,31-,34-,35-/m1/s1. The van der Waals surface area contributed by atoms with Crippen molar-refractivity contribution in [2.75, 3.05) is 13.6 Å². The lowest BCUT2D eigenvalue weighted by Crippen LogP contribution is -2.61. The Morgan fingerprint density at radius 1 is 0.872 bits per heavy atom. The van der Waals surface area contributed by atoms with Crippen LogP contribution >= 0.6 is 0 Å². The molecule has 2 aromatic carbocycles. The number of hydrogen-bond acceptors (Lipinski definition) is 2. The van der Waals surface area contributed by atoms with Crippen LogP contribution in [0, 0.1) is 34.5 Å². The van der Waals surface area contributed by atoms with Crippen molar-refractivity contribution < 1.29 is 9.59 Å². The van der Waals surface area contributed by atoms with Gasteiger partial charge in [-0.3, -0.25) is 9.59 Å². The Labute approximate surface area is 234 Å². The third kappa shape index (κ3) is 4.62. The first-order chi connectivity index (χ1) is 18.8. The van der Waals surface area contributed by atoms with Crippen molar-refractivity contribution >= 4 is 11.8 Å². The predicted octanol–water partition coefficient (Wildman–Crippen LogP) is 6.80. The van der Waals surface area contributed by atoms with Crippen molar-refractivity contribution in [2.45, 2.75) is 83.6 Å². The van der Waals surface area contributed by atoms with Crippen molar-refractivity contribution in [3.05, 3.63) is 71.8 Å². The van der Waals surface area contributed by atoms with Crippen LogP contribution in [-0.4, -0.2) is 36.3 Å². The lowest BCUT2D eigenvalue weighted by Gasteiger charge is -2.61. The molecule has 1 heterocycles. The second-order valence-electron chi connectivity index (χ2n) is 13.7. The number of carbonyl (C=O) groups is 2. The fourth-order valence-electron chi connectivity index (χ4n) is 9.89. The van der Waals surface area contributed by atoms with Gasteiger partial charge in [-0.05, 0) is 90.6 Å². The molecule has 0 unspecified atom stereocenters. The van der Waals surface area contributed by atoms with Gasteiger partial charge in [0.1, 0.15) is 0 Å². The fraction of sp³-hybridized carbons (Fsp3) is 0.600. The molecule has 3 saturated carbocycles. The molecule has 7 atom stereocenters. The molecule has 0 bridgehead atoms. The number of likely N-dealkylation sites (tertiary alicyclic amines) is 1. The predicted molar refractivity (Wildman–Crippen MR) is 156 cm³/mol. The highest BCUT2D eigenvalue weighted by Crippen LogP contribution is 2.66. The summed E-state index contributed by atoms with van der Waals surface area (Å²) < 4.78 is 0. The van der Waals surface area contributed by atoms with E-state index in [0.717, 1.165) is 43.6 Å². The molecule has 6 rings (SSSR count). The van der Waals surface area contributed by atoms with Crippen LogP contribution in [0.1, 0.15) is 88.7 Å². The van der Waals surface area contributed by atoms with Crippen LogP contribution in [0.3, 0.4) is 0 Å². The minimum absolute atomic E-state index is 0.0752. The molecule has 4 nitrogen and oxygen atoms in total. The van der Waals surface area contributed by atoms with Gasteiger partial charge in [0.15, 0.2) is 0 Å². The van der Waals surface area contributed by atoms with Crippen LogP contribution < -0.4 is 5.32 Å². The summed E-state index contributed by atoms with van der Waals surface area (Å²) in [5, 5.41) is 3.41. The first kappa shape index (κ1) is 26.6. The van der Waals surface area contributed by atoms with Gasteiger partial charge in [0, 0.05) is 38.4 Å². The summed E-state index contributed by atoms with van der Waals surface area (Å²) in [6.45, 7) is 5.85. The van der Waals surface area contributed by atoms with E-state index < -0.39 is 0 Å². The monoisotopic (exact) mass is 526 g/mol. The number of benzene rings is 2. The number of fused-ring (bicyclic) bond motifs is 5. The number of piperidine rings is 1. The van der Waals surface area contributed by atoms with Gasteiger partial charge in [-0.2, -0.15) is 0 Å².